The van der Waals surface area contributed by atoms with Crippen molar-refractivity contribution >= 4 is 11.6 Å². The molecule has 0 heterocycles. The average Bonchev–Trinajstić information content (AvgIpc) is 2.45. The number of rotatable bonds is 6. The number of halogens is 1. The van der Waals surface area contributed by atoms with Crippen LogP contribution in [0.1, 0.15) is 33.1 Å². The zero-order valence-corrected chi connectivity index (χ0v) is 13.6. The first-order valence-corrected chi connectivity index (χ1v) is 8.23. The summed E-state index contributed by atoms with van der Waals surface area (Å²) in [5.41, 5.74) is 0. The van der Waals surface area contributed by atoms with Crippen LogP contribution in [0.25, 0.3) is 0 Å². The first-order chi connectivity index (χ1) is 10.1. The predicted molar refractivity (Wildman–Crippen MR) is 86.9 cm³/mol. The van der Waals surface area contributed by atoms with Gasteiger partial charge in [0.15, 0.2) is 0 Å². The van der Waals surface area contributed by atoms with Gasteiger partial charge in [-0.05, 0) is 43.2 Å². The largest absolute Gasteiger partial charge is 0.489 e. The van der Waals surface area contributed by atoms with Crippen LogP contribution in [0.15, 0.2) is 24.3 Å². The quantitative estimate of drug-likeness (QED) is 0.845. The van der Waals surface area contributed by atoms with Crippen LogP contribution >= 0.6 is 11.6 Å². The molecule has 0 spiro atoms. The van der Waals surface area contributed by atoms with Crippen LogP contribution in [0.3, 0.4) is 0 Å². The van der Waals surface area contributed by atoms with Gasteiger partial charge in [-0.25, -0.2) is 0 Å². The Kier molecular flexibility index (Phi) is 6.34. The molecule has 4 atom stereocenters. The number of para-hydroxylation sites is 1. The average molecular weight is 312 g/mol. The lowest BCUT2D eigenvalue weighted by Gasteiger charge is -2.33. The van der Waals surface area contributed by atoms with Crippen molar-refractivity contribution in [2.75, 3.05) is 13.2 Å². The lowest BCUT2D eigenvalue weighted by Crippen LogP contribution is -2.43. The lowest BCUT2D eigenvalue weighted by molar-refractivity contribution is 0.0965. The predicted octanol–water partition coefficient (Wildman–Crippen LogP) is 3.49. The normalized spacial score (nSPS) is 27.3. The fourth-order valence-electron chi connectivity index (χ4n) is 3.06. The first kappa shape index (κ1) is 16.6. The highest BCUT2D eigenvalue weighted by Gasteiger charge is 2.25. The van der Waals surface area contributed by atoms with Crippen molar-refractivity contribution in [3.63, 3.8) is 0 Å². The van der Waals surface area contributed by atoms with Crippen LogP contribution in [-0.2, 0) is 0 Å². The maximum Gasteiger partial charge on any atom is 0.138 e. The molecule has 1 saturated carbocycles. The molecular formula is C17H26ClNO2. The Balaban J connectivity index is 1.70. The molecule has 1 aliphatic carbocycles. The minimum absolute atomic E-state index is 0.258. The van der Waals surface area contributed by atoms with Crippen LogP contribution in [0.4, 0.5) is 0 Å². The van der Waals surface area contributed by atoms with Gasteiger partial charge in [0.2, 0.25) is 0 Å². The molecule has 0 amide bonds. The molecule has 1 fully saturated rings. The molecule has 4 unspecified atom stereocenters. The van der Waals surface area contributed by atoms with Crippen molar-refractivity contribution in [3.05, 3.63) is 29.3 Å². The molecule has 0 radical (unpaired) electrons. The van der Waals surface area contributed by atoms with Crippen molar-refractivity contribution in [3.8, 4) is 5.75 Å². The van der Waals surface area contributed by atoms with E-state index in [1.54, 1.807) is 6.07 Å². The number of nitrogens with one attached hydrogen (secondary N) is 1. The van der Waals surface area contributed by atoms with E-state index in [-0.39, 0.29) is 6.61 Å². The third kappa shape index (κ3) is 5.17. The van der Waals surface area contributed by atoms with Gasteiger partial charge in [0.1, 0.15) is 18.5 Å². The van der Waals surface area contributed by atoms with Gasteiger partial charge in [0, 0.05) is 12.6 Å². The third-order valence-electron chi connectivity index (χ3n) is 4.32. The van der Waals surface area contributed by atoms with Gasteiger partial charge >= 0.3 is 0 Å². The fourth-order valence-corrected chi connectivity index (χ4v) is 3.25. The maximum atomic E-state index is 10.0. The molecule has 2 N–H and O–H groups in total. The Hall–Kier alpha value is -0.770. The summed E-state index contributed by atoms with van der Waals surface area (Å²) < 4.78 is 5.56. The summed E-state index contributed by atoms with van der Waals surface area (Å²) in [6.07, 6.45) is 3.21. The Labute approximate surface area is 132 Å². The van der Waals surface area contributed by atoms with Gasteiger partial charge in [-0.2, -0.15) is 0 Å². The summed E-state index contributed by atoms with van der Waals surface area (Å²) in [7, 11) is 0. The van der Waals surface area contributed by atoms with Gasteiger partial charge in [-0.15, -0.1) is 0 Å². The molecule has 0 saturated heterocycles. The number of hydrogen-bond acceptors (Lipinski definition) is 3. The van der Waals surface area contributed by atoms with Crippen molar-refractivity contribution in [2.45, 2.75) is 45.3 Å². The smallest absolute Gasteiger partial charge is 0.138 e. The standard InChI is InChI=1S/C17H26ClNO2/c1-12-7-8-16(13(2)9-12)19-10-14(20)11-21-17-6-4-3-5-15(17)18/h3-6,12-14,16,19-20H,7-11H2,1-2H3. The highest BCUT2D eigenvalue weighted by atomic mass is 35.5. The van der Waals surface area contributed by atoms with Crippen molar-refractivity contribution < 1.29 is 9.84 Å². The Morgan fingerprint density at radius 1 is 1.33 bits per heavy atom. The monoisotopic (exact) mass is 311 g/mol. The molecule has 4 heteroatoms. The van der Waals surface area contributed by atoms with E-state index in [1.165, 1.54) is 19.3 Å². The molecular weight excluding hydrogens is 286 g/mol. The molecule has 1 aromatic carbocycles. The van der Waals surface area contributed by atoms with Crippen molar-refractivity contribution in [1.82, 2.24) is 5.32 Å². The van der Waals surface area contributed by atoms with E-state index in [2.05, 4.69) is 19.2 Å². The molecule has 0 aromatic heterocycles. The summed E-state index contributed by atoms with van der Waals surface area (Å²) in [5.74, 6) is 2.12. The van der Waals surface area contributed by atoms with E-state index >= 15 is 0 Å². The summed E-state index contributed by atoms with van der Waals surface area (Å²) in [6, 6.07) is 7.84. The second-order valence-electron chi connectivity index (χ2n) is 6.31. The van der Waals surface area contributed by atoms with Crippen LogP contribution in [0.5, 0.6) is 5.75 Å². The number of aliphatic hydroxyl groups is 1. The van der Waals surface area contributed by atoms with E-state index in [1.807, 2.05) is 18.2 Å². The molecule has 1 aliphatic rings. The Morgan fingerprint density at radius 3 is 2.81 bits per heavy atom. The van der Waals surface area contributed by atoms with Gasteiger partial charge in [-0.1, -0.05) is 37.6 Å². The molecule has 1 aromatic rings. The molecule has 118 valence electrons. The summed E-state index contributed by atoms with van der Waals surface area (Å²) in [4.78, 5) is 0. The molecule has 21 heavy (non-hydrogen) atoms. The van der Waals surface area contributed by atoms with Gasteiger partial charge in [0.25, 0.3) is 0 Å². The third-order valence-corrected chi connectivity index (χ3v) is 4.63. The molecule has 2 rings (SSSR count). The van der Waals surface area contributed by atoms with Crippen LogP contribution in [0.2, 0.25) is 5.02 Å². The second kappa shape index (κ2) is 8.02. The minimum atomic E-state index is -0.521. The van der Waals surface area contributed by atoms with Gasteiger partial charge in [0.05, 0.1) is 5.02 Å². The zero-order chi connectivity index (χ0) is 15.2. The SMILES string of the molecule is CC1CCC(NCC(O)COc2ccccc2Cl)C(C)C1. The Bertz CT molecular complexity index is 441. The number of aliphatic hydroxyl groups excluding tert-OH is 1. The van der Waals surface area contributed by atoms with Crippen molar-refractivity contribution in [1.29, 1.82) is 0 Å². The first-order valence-electron chi connectivity index (χ1n) is 7.85. The van der Waals surface area contributed by atoms with E-state index in [9.17, 15) is 5.11 Å². The second-order valence-corrected chi connectivity index (χ2v) is 6.71. The highest BCUT2D eigenvalue weighted by molar-refractivity contribution is 6.32. The van der Waals surface area contributed by atoms with E-state index in [0.29, 0.717) is 29.3 Å². The van der Waals surface area contributed by atoms with Crippen molar-refractivity contribution in [2.24, 2.45) is 11.8 Å². The summed E-state index contributed by atoms with van der Waals surface area (Å²) in [6.45, 7) is 5.43. The summed E-state index contributed by atoms with van der Waals surface area (Å²) in [5, 5.41) is 14.1. The summed E-state index contributed by atoms with van der Waals surface area (Å²) >= 11 is 6.02. The van der Waals surface area contributed by atoms with Crippen LogP contribution in [0, 0.1) is 11.8 Å². The molecule has 0 aliphatic heterocycles. The lowest BCUT2D eigenvalue weighted by atomic mass is 9.80. The number of hydrogen-bond donors (Lipinski definition) is 2. The van der Waals surface area contributed by atoms with E-state index < -0.39 is 6.10 Å². The topological polar surface area (TPSA) is 41.5 Å². The highest BCUT2D eigenvalue weighted by Crippen LogP contribution is 2.28. The van der Waals surface area contributed by atoms with Gasteiger partial charge < -0.3 is 15.2 Å². The minimum Gasteiger partial charge on any atom is -0.489 e. The maximum absolute atomic E-state index is 10.0. The van der Waals surface area contributed by atoms with Crippen LogP contribution in [-0.4, -0.2) is 30.4 Å². The zero-order valence-electron chi connectivity index (χ0n) is 12.9. The fraction of sp³-hybridized carbons (Fsp3) is 0.647. The molecule has 3 nitrogen and oxygen atoms in total. The van der Waals surface area contributed by atoms with E-state index in [0.717, 1.165) is 5.92 Å². The van der Waals surface area contributed by atoms with Gasteiger partial charge in [-0.3, -0.25) is 0 Å². The van der Waals surface area contributed by atoms with Crippen LogP contribution < -0.4 is 10.1 Å². The Morgan fingerprint density at radius 2 is 2.10 bits per heavy atom. The molecule has 0 bridgehead atoms. The van der Waals surface area contributed by atoms with E-state index in [4.69, 9.17) is 16.3 Å². The number of benzene rings is 1. The number of ether oxygens (including phenoxy) is 1.